The van der Waals surface area contributed by atoms with Crippen molar-refractivity contribution in [1.82, 2.24) is 10.2 Å². The molecule has 0 spiro atoms. The fourth-order valence-electron chi connectivity index (χ4n) is 3.20. The Balaban J connectivity index is 1.91. The molecule has 6 heteroatoms. The molecule has 2 saturated heterocycles. The Kier molecular flexibility index (Phi) is 2.46. The Labute approximate surface area is 104 Å². The fraction of sp³-hybridized carbons (Fsp3) is 0.667. The lowest BCUT2D eigenvalue weighted by atomic mass is 9.81. The number of carboxylic acid groups (broad SMARTS) is 1. The van der Waals surface area contributed by atoms with Crippen LogP contribution in [0.2, 0.25) is 0 Å². The lowest BCUT2D eigenvalue weighted by molar-refractivity contribution is -0.161. The number of aliphatic hydroxyl groups is 1. The Morgan fingerprint density at radius 3 is 2.61 bits per heavy atom. The van der Waals surface area contributed by atoms with Crippen molar-refractivity contribution in [2.24, 2.45) is 11.8 Å². The molecule has 3 atom stereocenters. The van der Waals surface area contributed by atoms with Gasteiger partial charge in [-0.15, -0.1) is 0 Å². The highest BCUT2D eigenvalue weighted by atomic mass is 16.4. The lowest BCUT2D eigenvalue weighted by Crippen LogP contribution is -2.61. The number of hydrogen-bond acceptors (Lipinski definition) is 4. The van der Waals surface area contributed by atoms with Gasteiger partial charge in [0.25, 0.3) is 0 Å². The van der Waals surface area contributed by atoms with Crippen LogP contribution in [-0.2, 0) is 9.59 Å². The average Bonchev–Trinajstić information content (AvgIpc) is 2.50. The summed E-state index contributed by atoms with van der Waals surface area (Å²) in [4.78, 5) is 24.6. The molecule has 0 bridgehead atoms. The molecule has 98 valence electrons. The van der Waals surface area contributed by atoms with Crippen molar-refractivity contribution in [3.63, 3.8) is 0 Å². The average molecular weight is 252 g/mol. The quantitative estimate of drug-likeness (QED) is 0.570. The third-order valence-electron chi connectivity index (χ3n) is 4.24. The van der Waals surface area contributed by atoms with E-state index in [0.29, 0.717) is 6.42 Å². The first-order chi connectivity index (χ1) is 8.52. The van der Waals surface area contributed by atoms with E-state index in [0.717, 1.165) is 18.7 Å². The van der Waals surface area contributed by atoms with Crippen LogP contribution in [0.3, 0.4) is 0 Å². The summed E-state index contributed by atoms with van der Waals surface area (Å²) >= 11 is 0. The highest BCUT2D eigenvalue weighted by Gasteiger charge is 2.57. The van der Waals surface area contributed by atoms with Crippen LogP contribution in [0.5, 0.6) is 0 Å². The van der Waals surface area contributed by atoms with Crippen molar-refractivity contribution in [2.45, 2.75) is 25.5 Å². The highest BCUT2D eigenvalue weighted by molar-refractivity contribution is 5.99. The standard InChI is InChI=1S/C12H16N2O4/c1-5(15)9-8-2-7(6-3-13-4-6)10(12(17)18)14(8)11(9)16/h5-6,8-9,13,15H,2-4H2,1H3,(H,17,18)/t5-,8-,9-/m1/s1. The minimum absolute atomic E-state index is 0.154. The van der Waals surface area contributed by atoms with Gasteiger partial charge in [0.1, 0.15) is 5.70 Å². The molecule has 0 saturated carbocycles. The molecule has 3 N–H and O–H groups in total. The van der Waals surface area contributed by atoms with Gasteiger partial charge in [0.2, 0.25) is 5.91 Å². The van der Waals surface area contributed by atoms with Crippen LogP contribution in [0, 0.1) is 11.8 Å². The van der Waals surface area contributed by atoms with E-state index in [-0.39, 0.29) is 23.6 Å². The molecule has 3 heterocycles. The maximum absolute atomic E-state index is 11.9. The first-order valence-electron chi connectivity index (χ1n) is 6.20. The maximum Gasteiger partial charge on any atom is 0.352 e. The number of amides is 1. The first kappa shape index (κ1) is 11.7. The van der Waals surface area contributed by atoms with Gasteiger partial charge in [-0.05, 0) is 18.9 Å². The zero-order valence-electron chi connectivity index (χ0n) is 10.1. The van der Waals surface area contributed by atoms with Gasteiger partial charge in [0, 0.05) is 19.0 Å². The molecule has 0 aliphatic carbocycles. The second kappa shape index (κ2) is 3.80. The molecule has 0 radical (unpaired) electrons. The summed E-state index contributed by atoms with van der Waals surface area (Å²) in [6.45, 7) is 3.14. The molecule has 1 amide bonds. The van der Waals surface area contributed by atoms with Crippen LogP contribution in [0.15, 0.2) is 11.3 Å². The molecular formula is C12H16N2O4. The van der Waals surface area contributed by atoms with E-state index in [9.17, 15) is 19.8 Å². The summed E-state index contributed by atoms with van der Waals surface area (Å²) in [5.41, 5.74) is 1.02. The largest absolute Gasteiger partial charge is 0.477 e. The third-order valence-corrected chi connectivity index (χ3v) is 4.24. The van der Waals surface area contributed by atoms with Crippen LogP contribution in [0.25, 0.3) is 0 Å². The van der Waals surface area contributed by atoms with Crippen LogP contribution < -0.4 is 5.32 Å². The lowest BCUT2D eigenvalue weighted by Gasteiger charge is -2.44. The van der Waals surface area contributed by atoms with E-state index in [4.69, 9.17) is 0 Å². The second-order valence-corrected chi connectivity index (χ2v) is 5.28. The molecular weight excluding hydrogens is 236 g/mol. The van der Waals surface area contributed by atoms with Gasteiger partial charge in [0.05, 0.1) is 18.1 Å². The Morgan fingerprint density at radius 2 is 2.17 bits per heavy atom. The van der Waals surface area contributed by atoms with E-state index >= 15 is 0 Å². The van der Waals surface area contributed by atoms with Gasteiger partial charge >= 0.3 is 5.97 Å². The minimum Gasteiger partial charge on any atom is -0.477 e. The molecule has 0 aromatic heterocycles. The zero-order chi connectivity index (χ0) is 13.0. The van der Waals surface area contributed by atoms with E-state index < -0.39 is 18.0 Å². The summed E-state index contributed by atoms with van der Waals surface area (Å²) in [7, 11) is 0. The number of hydrogen-bond donors (Lipinski definition) is 3. The summed E-state index contributed by atoms with van der Waals surface area (Å²) in [5, 5.41) is 22.0. The predicted molar refractivity (Wildman–Crippen MR) is 61.4 cm³/mol. The Hall–Kier alpha value is -1.40. The molecule has 0 aromatic rings. The van der Waals surface area contributed by atoms with Gasteiger partial charge in [-0.25, -0.2) is 4.79 Å². The number of β-lactam (4-membered cyclic amide) rings is 1. The molecule has 0 aromatic carbocycles. The highest BCUT2D eigenvalue weighted by Crippen LogP contribution is 2.46. The number of fused-ring (bicyclic) bond motifs is 1. The second-order valence-electron chi connectivity index (χ2n) is 5.28. The minimum atomic E-state index is -1.03. The van der Waals surface area contributed by atoms with Gasteiger partial charge < -0.3 is 20.4 Å². The molecule has 3 rings (SSSR count). The van der Waals surface area contributed by atoms with E-state index in [2.05, 4.69) is 5.32 Å². The molecule has 2 fully saturated rings. The van der Waals surface area contributed by atoms with Crippen molar-refractivity contribution in [3.05, 3.63) is 11.3 Å². The van der Waals surface area contributed by atoms with Crippen LogP contribution in [-0.4, -0.2) is 52.2 Å². The first-order valence-corrected chi connectivity index (χ1v) is 6.20. The summed E-state index contributed by atoms with van der Waals surface area (Å²) in [6, 6.07) is -0.154. The van der Waals surface area contributed by atoms with Gasteiger partial charge in [-0.2, -0.15) is 0 Å². The number of carboxylic acids is 1. The van der Waals surface area contributed by atoms with Crippen molar-refractivity contribution >= 4 is 11.9 Å². The number of aliphatic carboxylic acids is 1. The number of rotatable bonds is 3. The molecule has 0 unspecified atom stereocenters. The number of nitrogens with zero attached hydrogens (tertiary/aromatic N) is 1. The van der Waals surface area contributed by atoms with Crippen molar-refractivity contribution in [3.8, 4) is 0 Å². The van der Waals surface area contributed by atoms with Gasteiger partial charge in [-0.3, -0.25) is 4.79 Å². The number of aliphatic hydroxyl groups excluding tert-OH is 1. The van der Waals surface area contributed by atoms with Crippen LogP contribution >= 0.6 is 0 Å². The van der Waals surface area contributed by atoms with Gasteiger partial charge in [0.15, 0.2) is 0 Å². The van der Waals surface area contributed by atoms with Gasteiger partial charge in [-0.1, -0.05) is 0 Å². The van der Waals surface area contributed by atoms with Crippen LogP contribution in [0.1, 0.15) is 13.3 Å². The normalized spacial score (nSPS) is 33.0. The Bertz CT molecular complexity index is 453. The molecule has 6 nitrogen and oxygen atoms in total. The van der Waals surface area contributed by atoms with E-state index in [1.165, 1.54) is 4.90 Å². The smallest absolute Gasteiger partial charge is 0.352 e. The summed E-state index contributed by atoms with van der Waals surface area (Å²) in [5.74, 6) is -1.50. The van der Waals surface area contributed by atoms with Crippen molar-refractivity contribution in [1.29, 1.82) is 0 Å². The van der Waals surface area contributed by atoms with E-state index in [1.807, 2.05) is 0 Å². The predicted octanol–water partition coefficient (Wildman–Crippen LogP) is -0.844. The molecule has 18 heavy (non-hydrogen) atoms. The monoisotopic (exact) mass is 252 g/mol. The Morgan fingerprint density at radius 1 is 1.50 bits per heavy atom. The maximum atomic E-state index is 11.9. The van der Waals surface area contributed by atoms with Crippen LogP contribution in [0.4, 0.5) is 0 Å². The number of nitrogens with one attached hydrogen (secondary N) is 1. The number of carbonyl (C=O) groups excluding carboxylic acids is 1. The fourth-order valence-corrected chi connectivity index (χ4v) is 3.20. The topological polar surface area (TPSA) is 89.9 Å². The van der Waals surface area contributed by atoms with Crippen molar-refractivity contribution in [2.75, 3.05) is 13.1 Å². The molecule has 3 aliphatic heterocycles. The third kappa shape index (κ3) is 1.36. The molecule has 3 aliphatic rings. The van der Waals surface area contributed by atoms with E-state index in [1.54, 1.807) is 6.92 Å². The summed E-state index contributed by atoms with van der Waals surface area (Å²) in [6.07, 6.45) is -0.123. The number of carbonyl (C=O) groups is 2. The SMILES string of the molecule is C[C@@H](O)[C@H]1C(=O)N2C(C(=O)O)=C(C3CNC3)C[C@H]12. The zero-order valence-corrected chi connectivity index (χ0v) is 10.1. The van der Waals surface area contributed by atoms with Crippen molar-refractivity contribution < 1.29 is 19.8 Å². The summed E-state index contributed by atoms with van der Waals surface area (Å²) < 4.78 is 0.